The Morgan fingerprint density at radius 2 is 2.05 bits per heavy atom. The highest BCUT2D eigenvalue weighted by atomic mass is 35.5. The number of amides is 1. The van der Waals surface area contributed by atoms with Gasteiger partial charge in [0.15, 0.2) is 0 Å². The van der Waals surface area contributed by atoms with Gasteiger partial charge in [0.2, 0.25) is 0 Å². The third-order valence-electron chi connectivity index (χ3n) is 3.83. The van der Waals surface area contributed by atoms with Crippen LogP contribution in [0.25, 0.3) is 10.1 Å². The molecule has 0 bridgehead atoms. The fourth-order valence-corrected chi connectivity index (χ4v) is 3.85. The molecule has 1 amide bonds. The van der Waals surface area contributed by atoms with Crippen molar-refractivity contribution >= 4 is 38.9 Å². The van der Waals surface area contributed by atoms with E-state index in [2.05, 4.69) is 6.07 Å². The Morgan fingerprint density at radius 1 is 1.32 bits per heavy atom. The Balaban J connectivity index is 1.81. The number of benzene rings is 1. The van der Waals surface area contributed by atoms with Crippen LogP contribution in [0, 0.1) is 5.92 Å². The highest BCUT2D eigenvalue weighted by molar-refractivity contribution is 7.17. The molecule has 3 rings (SSSR count). The quantitative estimate of drug-likeness (QED) is 0.767. The van der Waals surface area contributed by atoms with Crippen LogP contribution >= 0.6 is 22.9 Å². The molecule has 1 aliphatic heterocycles. The van der Waals surface area contributed by atoms with Gasteiger partial charge in [0.05, 0.1) is 5.56 Å². The molecule has 4 heteroatoms. The summed E-state index contributed by atoms with van der Waals surface area (Å²) in [6.45, 7) is 1.67. The van der Waals surface area contributed by atoms with Gasteiger partial charge in [-0.05, 0) is 24.8 Å². The summed E-state index contributed by atoms with van der Waals surface area (Å²) in [6.07, 6.45) is 2.05. The first kappa shape index (κ1) is 12.9. The monoisotopic (exact) mass is 293 g/mol. The lowest BCUT2D eigenvalue weighted by Gasteiger charge is -2.31. The molecule has 0 saturated carbocycles. The Morgan fingerprint density at radius 3 is 2.79 bits per heavy atom. The fraction of sp³-hybridized carbons (Fsp3) is 0.400. The van der Waals surface area contributed by atoms with Gasteiger partial charge in [0.25, 0.3) is 5.91 Å². The molecule has 0 atom stereocenters. The maximum Gasteiger partial charge on any atom is 0.255 e. The van der Waals surface area contributed by atoms with Crippen molar-refractivity contribution in [3.05, 3.63) is 35.2 Å². The molecule has 19 heavy (non-hydrogen) atoms. The summed E-state index contributed by atoms with van der Waals surface area (Å²) >= 11 is 7.53. The number of nitrogens with zero attached hydrogens (tertiary/aromatic N) is 1. The van der Waals surface area contributed by atoms with Crippen LogP contribution in [0.1, 0.15) is 23.2 Å². The highest BCUT2D eigenvalue weighted by Gasteiger charge is 2.24. The number of fused-ring (bicyclic) bond motifs is 1. The van der Waals surface area contributed by atoms with Crippen LogP contribution in [0.5, 0.6) is 0 Å². The summed E-state index contributed by atoms with van der Waals surface area (Å²) in [5.41, 5.74) is 0.852. The second-order valence-electron chi connectivity index (χ2n) is 5.04. The predicted octanol–water partition coefficient (Wildman–Crippen LogP) is 3.99. The molecular weight excluding hydrogens is 278 g/mol. The van der Waals surface area contributed by atoms with Crippen molar-refractivity contribution in [1.82, 2.24) is 4.90 Å². The zero-order chi connectivity index (χ0) is 13.2. The van der Waals surface area contributed by atoms with Gasteiger partial charge in [0, 0.05) is 34.4 Å². The van der Waals surface area contributed by atoms with Crippen molar-refractivity contribution in [2.24, 2.45) is 5.92 Å². The van der Waals surface area contributed by atoms with Gasteiger partial charge >= 0.3 is 0 Å². The van der Waals surface area contributed by atoms with Crippen molar-refractivity contribution in [3.8, 4) is 0 Å². The average molecular weight is 294 g/mol. The lowest BCUT2D eigenvalue weighted by atomic mass is 9.98. The van der Waals surface area contributed by atoms with E-state index in [0.717, 1.165) is 36.9 Å². The third-order valence-corrected chi connectivity index (χ3v) is 5.23. The van der Waals surface area contributed by atoms with E-state index >= 15 is 0 Å². The molecule has 2 nitrogen and oxygen atoms in total. The van der Waals surface area contributed by atoms with Crippen LogP contribution in [0.4, 0.5) is 0 Å². The van der Waals surface area contributed by atoms with Crippen molar-refractivity contribution in [2.75, 3.05) is 19.0 Å². The smallest absolute Gasteiger partial charge is 0.255 e. The van der Waals surface area contributed by atoms with Crippen molar-refractivity contribution in [2.45, 2.75) is 12.8 Å². The standard InChI is InChI=1S/C15H16ClNOS/c16-9-11-5-7-17(8-6-11)15(18)13-10-19-14-4-2-1-3-12(13)14/h1-4,10-11H,5-9H2. The molecule has 1 aromatic carbocycles. The van der Waals surface area contributed by atoms with Crippen LogP contribution in [0.15, 0.2) is 29.6 Å². The summed E-state index contributed by atoms with van der Waals surface area (Å²) in [5, 5.41) is 3.07. The second-order valence-corrected chi connectivity index (χ2v) is 6.26. The number of rotatable bonds is 2. The molecule has 1 fully saturated rings. The zero-order valence-electron chi connectivity index (χ0n) is 10.6. The normalized spacial score (nSPS) is 17.0. The van der Waals surface area contributed by atoms with Gasteiger partial charge in [-0.15, -0.1) is 22.9 Å². The molecule has 1 aromatic heterocycles. The molecule has 0 unspecified atom stereocenters. The van der Waals surface area contributed by atoms with E-state index in [9.17, 15) is 4.79 Å². The van der Waals surface area contributed by atoms with Crippen LogP contribution in [0.3, 0.4) is 0 Å². The first-order chi connectivity index (χ1) is 9.29. The highest BCUT2D eigenvalue weighted by Crippen LogP contribution is 2.28. The molecule has 0 aliphatic carbocycles. The average Bonchev–Trinajstić information content (AvgIpc) is 2.90. The minimum atomic E-state index is 0.172. The van der Waals surface area contributed by atoms with E-state index in [1.165, 1.54) is 4.70 Å². The number of hydrogen-bond donors (Lipinski definition) is 0. The summed E-state index contributed by atoms with van der Waals surface area (Å²) < 4.78 is 1.18. The molecule has 2 heterocycles. The number of carbonyl (C=O) groups excluding carboxylic acids is 1. The summed E-state index contributed by atoms with van der Waals surface area (Å²) in [6, 6.07) is 8.10. The Hall–Kier alpha value is -1.06. The number of piperidine rings is 1. The van der Waals surface area contributed by atoms with Gasteiger partial charge < -0.3 is 4.90 Å². The molecule has 0 N–H and O–H groups in total. The number of carbonyl (C=O) groups is 1. The maximum absolute atomic E-state index is 12.6. The minimum absolute atomic E-state index is 0.172. The van der Waals surface area contributed by atoms with Gasteiger partial charge in [-0.25, -0.2) is 0 Å². The largest absolute Gasteiger partial charge is 0.339 e. The van der Waals surface area contributed by atoms with Gasteiger partial charge in [0.1, 0.15) is 0 Å². The van der Waals surface area contributed by atoms with Gasteiger partial charge in [-0.1, -0.05) is 18.2 Å². The molecule has 0 radical (unpaired) electrons. The minimum Gasteiger partial charge on any atom is -0.339 e. The number of likely N-dealkylation sites (tertiary alicyclic amines) is 1. The topological polar surface area (TPSA) is 20.3 Å². The second kappa shape index (κ2) is 5.51. The van der Waals surface area contributed by atoms with Crippen LogP contribution in [0.2, 0.25) is 0 Å². The number of halogens is 1. The van der Waals surface area contributed by atoms with Crippen molar-refractivity contribution in [1.29, 1.82) is 0 Å². The Kier molecular flexibility index (Phi) is 3.76. The van der Waals surface area contributed by atoms with E-state index < -0.39 is 0 Å². The summed E-state index contributed by atoms with van der Waals surface area (Å²) in [7, 11) is 0. The number of alkyl halides is 1. The van der Waals surface area contributed by atoms with Crippen LogP contribution in [-0.2, 0) is 0 Å². The third kappa shape index (κ3) is 2.49. The number of thiophene rings is 1. The molecule has 1 aliphatic rings. The van der Waals surface area contributed by atoms with E-state index in [0.29, 0.717) is 11.8 Å². The predicted molar refractivity (Wildman–Crippen MR) is 81.2 cm³/mol. The molecule has 100 valence electrons. The van der Waals surface area contributed by atoms with Crippen LogP contribution < -0.4 is 0 Å². The summed E-state index contributed by atoms with van der Waals surface area (Å²) in [4.78, 5) is 14.5. The van der Waals surface area contributed by atoms with Crippen molar-refractivity contribution < 1.29 is 4.79 Å². The molecule has 1 saturated heterocycles. The zero-order valence-corrected chi connectivity index (χ0v) is 12.2. The lowest BCUT2D eigenvalue weighted by Crippen LogP contribution is -2.38. The SMILES string of the molecule is O=C(c1csc2ccccc12)N1CCC(CCl)CC1. The van der Waals surface area contributed by atoms with E-state index in [-0.39, 0.29) is 5.91 Å². The van der Waals surface area contributed by atoms with E-state index in [1.54, 1.807) is 11.3 Å². The van der Waals surface area contributed by atoms with Crippen molar-refractivity contribution in [3.63, 3.8) is 0 Å². The van der Waals surface area contributed by atoms with Crippen LogP contribution in [-0.4, -0.2) is 29.8 Å². The number of hydrogen-bond acceptors (Lipinski definition) is 2. The first-order valence-electron chi connectivity index (χ1n) is 6.61. The lowest BCUT2D eigenvalue weighted by molar-refractivity contribution is 0.0700. The molecule has 2 aromatic rings. The van der Waals surface area contributed by atoms with E-state index in [4.69, 9.17) is 11.6 Å². The molecular formula is C15H16ClNOS. The van der Waals surface area contributed by atoms with Gasteiger partial charge in [-0.3, -0.25) is 4.79 Å². The fourth-order valence-electron chi connectivity index (χ4n) is 2.60. The maximum atomic E-state index is 12.6. The first-order valence-corrected chi connectivity index (χ1v) is 8.02. The van der Waals surface area contributed by atoms with E-state index in [1.807, 2.05) is 28.5 Å². The summed E-state index contributed by atoms with van der Waals surface area (Å²) in [5.74, 6) is 1.46. The molecule has 0 spiro atoms. The Bertz CT molecular complexity index is 587. The van der Waals surface area contributed by atoms with Gasteiger partial charge in [-0.2, -0.15) is 0 Å². The Labute approximate surface area is 122 Å².